The molecule has 0 radical (unpaired) electrons. The van der Waals surface area contributed by atoms with Crippen LogP contribution in [0.3, 0.4) is 0 Å². The predicted molar refractivity (Wildman–Crippen MR) is 84.7 cm³/mol. The van der Waals surface area contributed by atoms with Gasteiger partial charge in [-0.1, -0.05) is 56.3 Å². The maximum atomic E-state index is 11.8. The number of nitrogens with zero attached hydrogens (tertiary/aromatic N) is 1. The minimum Gasteiger partial charge on any atom is -0.448 e. The van der Waals surface area contributed by atoms with Crippen LogP contribution >= 0.6 is 0 Å². The Morgan fingerprint density at radius 2 is 1.62 bits per heavy atom. The van der Waals surface area contributed by atoms with Gasteiger partial charge in [-0.05, 0) is 29.2 Å². The number of ether oxygens (including phenoxy) is 1. The summed E-state index contributed by atoms with van der Waals surface area (Å²) in [5.41, 5.74) is 2.79. The summed E-state index contributed by atoms with van der Waals surface area (Å²) in [6.07, 6.45) is -0.545. The minimum atomic E-state index is -0.545. The van der Waals surface area contributed by atoms with Crippen molar-refractivity contribution >= 4 is 11.8 Å². The van der Waals surface area contributed by atoms with Crippen molar-refractivity contribution in [2.45, 2.75) is 13.8 Å². The molecule has 2 aromatic carbocycles. The molecule has 0 aliphatic rings. The largest absolute Gasteiger partial charge is 0.448 e. The first-order valence-corrected chi connectivity index (χ1v) is 6.95. The Morgan fingerprint density at radius 1 is 1.05 bits per heavy atom. The first kappa shape index (κ1) is 15.1. The first-order chi connectivity index (χ1) is 10.1. The fourth-order valence-corrected chi connectivity index (χ4v) is 1.86. The molecule has 4 heteroatoms. The zero-order valence-electron chi connectivity index (χ0n) is 12.3. The second-order valence-corrected chi connectivity index (χ2v) is 5.25. The van der Waals surface area contributed by atoms with Gasteiger partial charge in [0.1, 0.15) is 0 Å². The Labute approximate surface area is 125 Å². The van der Waals surface area contributed by atoms with Crippen LogP contribution in [0.1, 0.15) is 13.8 Å². The molecule has 1 amide bonds. The van der Waals surface area contributed by atoms with Crippen LogP contribution in [0.15, 0.2) is 54.6 Å². The highest BCUT2D eigenvalue weighted by atomic mass is 16.6. The lowest BCUT2D eigenvalue weighted by Gasteiger charge is -2.17. The van der Waals surface area contributed by atoms with E-state index in [1.54, 1.807) is 12.1 Å². The van der Waals surface area contributed by atoms with Gasteiger partial charge < -0.3 is 4.74 Å². The molecule has 0 saturated heterocycles. The predicted octanol–water partition coefficient (Wildman–Crippen LogP) is 3.83. The molecule has 2 aromatic rings. The number of benzene rings is 2. The van der Waals surface area contributed by atoms with Gasteiger partial charge in [-0.15, -0.1) is 0 Å². The lowest BCUT2D eigenvalue weighted by Crippen LogP contribution is -2.38. The molecule has 0 aliphatic carbocycles. The number of hydrogen-bond acceptors (Lipinski definition) is 3. The molecule has 0 unspecified atom stereocenters. The van der Waals surface area contributed by atoms with Crippen molar-refractivity contribution in [3.05, 3.63) is 54.6 Å². The quantitative estimate of drug-likeness (QED) is 0.527. The van der Waals surface area contributed by atoms with Crippen molar-refractivity contribution < 1.29 is 9.53 Å². The first-order valence-electron chi connectivity index (χ1n) is 6.95. The highest BCUT2D eigenvalue weighted by molar-refractivity contribution is 5.86. The monoisotopic (exact) mass is 284 g/mol. The van der Waals surface area contributed by atoms with Crippen molar-refractivity contribution in [3.63, 3.8) is 0 Å². The molecule has 4 nitrogen and oxygen atoms in total. The number of nitrogens with two attached hydrogens (primary N) is 1. The van der Waals surface area contributed by atoms with Crippen LogP contribution < -0.4 is 10.9 Å². The van der Waals surface area contributed by atoms with Crippen LogP contribution in [0.2, 0.25) is 0 Å². The second-order valence-electron chi connectivity index (χ2n) is 5.25. The average molecular weight is 284 g/mol. The summed E-state index contributed by atoms with van der Waals surface area (Å²) in [6, 6.07) is 17.5. The van der Waals surface area contributed by atoms with E-state index in [1.807, 2.05) is 56.3 Å². The summed E-state index contributed by atoms with van der Waals surface area (Å²) in [4.78, 5) is 11.8. The Morgan fingerprint density at radius 3 is 2.19 bits per heavy atom. The van der Waals surface area contributed by atoms with Gasteiger partial charge in [0, 0.05) is 0 Å². The van der Waals surface area contributed by atoms with E-state index in [-0.39, 0.29) is 5.92 Å². The van der Waals surface area contributed by atoms with E-state index in [0.29, 0.717) is 12.3 Å². The van der Waals surface area contributed by atoms with E-state index in [0.717, 1.165) is 16.1 Å². The van der Waals surface area contributed by atoms with E-state index in [9.17, 15) is 4.79 Å². The Bertz CT molecular complexity index is 579. The zero-order chi connectivity index (χ0) is 15.2. The van der Waals surface area contributed by atoms with Gasteiger partial charge in [0.15, 0.2) is 0 Å². The van der Waals surface area contributed by atoms with Gasteiger partial charge in [-0.3, -0.25) is 0 Å². The Kier molecular flexibility index (Phi) is 4.95. The summed E-state index contributed by atoms with van der Waals surface area (Å²) in [5, 5.41) is 1.02. The molecule has 0 saturated carbocycles. The van der Waals surface area contributed by atoms with Crippen molar-refractivity contribution in [2.75, 3.05) is 11.6 Å². The summed E-state index contributed by atoms with van der Waals surface area (Å²) < 4.78 is 5.10. The minimum absolute atomic E-state index is 0.280. The molecule has 0 spiro atoms. The summed E-state index contributed by atoms with van der Waals surface area (Å²) in [6.45, 7) is 4.31. The lowest BCUT2D eigenvalue weighted by atomic mass is 10.1. The van der Waals surface area contributed by atoms with E-state index in [1.165, 1.54) is 0 Å². The smallest absolute Gasteiger partial charge is 0.428 e. The number of rotatable bonds is 4. The Hall–Kier alpha value is -2.33. The van der Waals surface area contributed by atoms with Crippen LogP contribution in [0, 0.1) is 5.92 Å². The number of anilines is 1. The van der Waals surface area contributed by atoms with Crippen LogP contribution in [-0.2, 0) is 4.74 Å². The van der Waals surface area contributed by atoms with Gasteiger partial charge in [0.25, 0.3) is 0 Å². The van der Waals surface area contributed by atoms with E-state index in [4.69, 9.17) is 10.6 Å². The highest BCUT2D eigenvalue weighted by Gasteiger charge is 2.13. The molecule has 110 valence electrons. The van der Waals surface area contributed by atoms with E-state index < -0.39 is 6.09 Å². The van der Waals surface area contributed by atoms with Crippen LogP contribution in [0.25, 0.3) is 11.1 Å². The van der Waals surface area contributed by atoms with Crippen LogP contribution in [0.4, 0.5) is 10.5 Å². The summed E-state index contributed by atoms with van der Waals surface area (Å²) in [7, 11) is 0. The van der Waals surface area contributed by atoms with Crippen molar-refractivity contribution in [2.24, 2.45) is 11.8 Å². The number of carbonyl (C=O) groups excluding carboxylic acids is 1. The van der Waals surface area contributed by atoms with Crippen LogP contribution in [0.5, 0.6) is 0 Å². The molecule has 0 aliphatic heterocycles. The maximum Gasteiger partial charge on any atom is 0.428 e. The Balaban J connectivity index is 2.06. The average Bonchev–Trinajstić information content (AvgIpc) is 2.53. The van der Waals surface area contributed by atoms with Crippen molar-refractivity contribution in [3.8, 4) is 11.1 Å². The molecule has 0 atom stereocenters. The molecule has 2 N–H and O–H groups in total. The standard InChI is InChI=1S/C17H20N2O2/c1-13(2)12-21-17(20)19(18)16-10-8-15(9-11-16)14-6-4-3-5-7-14/h3-11,13H,12,18H2,1-2H3. The van der Waals surface area contributed by atoms with Gasteiger partial charge in [0.2, 0.25) is 0 Å². The fourth-order valence-electron chi connectivity index (χ4n) is 1.86. The molecular formula is C17H20N2O2. The van der Waals surface area contributed by atoms with Gasteiger partial charge in [-0.25, -0.2) is 15.6 Å². The van der Waals surface area contributed by atoms with Gasteiger partial charge >= 0.3 is 6.09 Å². The normalized spacial score (nSPS) is 10.5. The third-order valence-corrected chi connectivity index (χ3v) is 2.99. The third kappa shape index (κ3) is 4.07. The SMILES string of the molecule is CC(C)COC(=O)N(N)c1ccc(-c2ccccc2)cc1. The summed E-state index contributed by atoms with van der Waals surface area (Å²) in [5.74, 6) is 6.05. The molecule has 21 heavy (non-hydrogen) atoms. The molecule has 2 rings (SSSR count). The maximum absolute atomic E-state index is 11.8. The lowest BCUT2D eigenvalue weighted by molar-refractivity contribution is 0.140. The van der Waals surface area contributed by atoms with E-state index in [2.05, 4.69) is 0 Å². The molecule has 0 fully saturated rings. The van der Waals surface area contributed by atoms with E-state index >= 15 is 0 Å². The second kappa shape index (κ2) is 6.90. The third-order valence-electron chi connectivity index (χ3n) is 2.99. The molecule has 0 heterocycles. The number of hydrogen-bond donors (Lipinski definition) is 1. The molecule has 0 aromatic heterocycles. The van der Waals surface area contributed by atoms with Crippen molar-refractivity contribution in [1.29, 1.82) is 0 Å². The van der Waals surface area contributed by atoms with Gasteiger partial charge in [-0.2, -0.15) is 0 Å². The fraction of sp³-hybridized carbons (Fsp3) is 0.235. The van der Waals surface area contributed by atoms with Crippen LogP contribution in [-0.4, -0.2) is 12.7 Å². The van der Waals surface area contributed by atoms with Gasteiger partial charge in [0.05, 0.1) is 12.3 Å². The number of amides is 1. The van der Waals surface area contributed by atoms with Crippen molar-refractivity contribution in [1.82, 2.24) is 0 Å². The highest BCUT2D eigenvalue weighted by Crippen LogP contribution is 2.22. The summed E-state index contributed by atoms with van der Waals surface area (Å²) >= 11 is 0. The number of carbonyl (C=O) groups is 1. The topological polar surface area (TPSA) is 55.6 Å². The zero-order valence-corrected chi connectivity index (χ0v) is 12.3. The molecular weight excluding hydrogens is 264 g/mol. The number of hydrazine groups is 1. The molecule has 0 bridgehead atoms.